The minimum atomic E-state index is 0.274. The van der Waals surface area contributed by atoms with Crippen LogP contribution < -0.4 is 9.64 Å². The molecule has 7 heteroatoms. The first-order chi connectivity index (χ1) is 30.2. The number of nitrogens with zero attached hydrogens (tertiary/aromatic N) is 6. The Labute approximate surface area is 361 Å². The van der Waals surface area contributed by atoms with Gasteiger partial charge in [0.25, 0.3) is 0 Å². The molecule has 5 heterocycles. The van der Waals surface area contributed by atoms with Crippen molar-refractivity contribution in [2.75, 3.05) is 18.6 Å². The van der Waals surface area contributed by atoms with Gasteiger partial charge in [-0.05, 0) is 113 Å². The summed E-state index contributed by atoms with van der Waals surface area (Å²) in [7, 11) is 2.11. The first-order valence-electron chi connectivity index (χ1n) is 21.6. The minimum Gasteiger partial charge on any atom is -0.457 e. The third kappa shape index (κ3) is 6.18. The Balaban J connectivity index is 1.05. The van der Waals surface area contributed by atoms with Crippen LogP contribution in [0.5, 0.6) is 11.5 Å². The number of aromatic nitrogens is 4. The maximum Gasteiger partial charge on any atom is 0.145 e. The molecule has 11 rings (SSSR count). The highest BCUT2D eigenvalue weighted by molar-refractivity contribution is 6.13. The summed E-state index contributed by atoms with van der Waals surface area (Å²) >= 11 is 0. The molecular formula is C55H48N6O. The third-order valence-corrected chi connectivity index (χ3v) is 12.5. The van der Waals surface area contributed by atoms with E-state index < -0.39 is 0 Å². The zero-order chi connectivity index (χ0) is 42.2. The van der Waals surface area contributed by atoms with E-state index in [1.54, 1.807) is 0 Å². The summed E-state index contributed by atoms with van der Waals surface area (Å²) < 4.78 is 11.4. The number of hydrogen-bond acceptors (Lipinski definition) is 5. The van der Waals surface area contributed by atoms with Gasteiger partial charge in [-0.3, -0.25) is 8.97 Å². The van der Waals surface area contributed by atoms with Gasteiger partial charge in [-0.1, -0.05) is 94.4 Å². The van der Waals surface area contributed by atoms with Crippen molar-refractivity contribution >= 4 is 54.8 Å². The summed E-state index contributed by atoms with van der Waals surface area (Å²) in [6, 6.07) is 47.9. The third-order valence-electron chi connectivity index (χ3n) is 12.5. The summed E-state index contributed by atoms with van der Waals surface area (Å²) in [6.07, 6.45) is 8.28. The molecule has 0 radical (unpaired) electrons. The molecule has 0 fully saturated rings. The molecule has 304 valence electrons. The second-order valence-electron chi connectivity index (χ2n) is 17.4. The van der Waals surface area contributed by atoms with Crippen LogP contribution in [-0.4, -0.2) is 37.6 Å². The number of imidazole rings is 1. The van der Waals surface area contributed by atoms with Gasteiger partial charge in [-0.15, -0.1) is 0 Å². The molecule has 1 aliphatic rings. The van der Waals surface area contributed by atoms with Gasteiger partial charge in [0, 0.05) is 64.5 Å². The molecule has 0 atom stereocenters. The predicted octanol–water partition coefficient (Wildman–Crippen LogP) is 14.0. The Bertz CT molecular complexity index is 3380. The first-order valence-corrected chi connectivity index (χ1v) is 21.6. The minimum absolute atomic E-state index is 0.274. The SMILES string of the molecule is Cc1ccc(-n2c3ccccc3c3ccc(Oc4ccc5c6ccccc6n6c(-c7c(C(C)C)cc(-c8cccc(N9C=CN(C)C9)c8)cc7C(C)C)cnc6c5c4)cc32)nc1. The average Bonchev–Trinajstić information content (AvgIpc) is 4.02. The van der Waals surface area contributed by atoms with E-state index in [0.717, 1.165) is 73.6 Å². The molecule has 1 aliphatic heterocycles. The van der Waals surface area contributed by atoms with Crippen molar-refractivity contribution in [2.45, 2.75) is 46.5 Å². The first kappa shape index (κ1) is 37.6. The molecule has 0 N–H and O–H groups in total. The normalized spacial score (nSPS) is 13.1. The van der Waals surface area contributed by atoms with Crippen LogP contribution in [0.2, 0.25) is 0 Å². The number of pyridine rings is 2. The number of para-hydroxylation sites is 2. The Hall–Kier alpha value is -7.38. The molecule has 6 aromatic carbocycles. The molecule has 62 heavy (non-hydrogen) atoms. The van der Waals surface area contributed by atoms with Crippen LogP contribution in [-0.2, 0) is 0 Å². The topological polar surface area (TPSA) is 50.8 Å². The predicted molar refractivity (Wildman–Crippen MR) is 257 cm³/mol. The monoisotopic (exact) mass is 808 g/mol. The smallest absolute Gasteiger partial charge is 0.145 e. The van der Waals surface area contributed by atoms with Crippen molar-refractivity contribution in [1.29, 1.82) is 0 Å². The number of fused-ring (bicyclic) bond motifs is 9. The number of hydrogen-bond donors (Lipinski definition) is 0. The Morgan fingerprint density at radius 2 is 1.26 bits per heavy atom. The number of benzene rings is 6. The quantitative estimate of drug-likeness (QED) is 0.143. The number of anilines is 1. The zero-order valence-corrected chi connectivity index (χ0v) is 36.0. The highest BCUT2D eigenvalue weighted by Crippen LogP contribution is 2.43. The van der Waals surface area contributed by atoms with E-state index in [-0.39, 0.29) is 11.8 Å². The van der Waals surface area contributed by atoms with Gasteiger partial charge >= 0.3 is 0 Å². The molecule has 0 unspecified atom stereocenters. The number of ether oxygens (including phenoxy) is 1. The molecule has 0 aliphatic carbocycles. The molecule has 4 aromatic heterocycles. The Morgan fingerprint density at radius 1 is 0.565 bits per heavy atom. The van der Waals surface area contributed by atoms with Crippen LogP contribution in [0.1, 0.15) is 56.2 Å². The maximum absolute atomic E-state index is 6.78. The van der Waals surface area contributed by atoms with E-state index >= 15 is 0 Å². The van der Waals surface area contributed by atoms with E-state index in [4.69, 9.17) is 14.7 Å². The van der Waals surface area contributed by atoms with Gasteiger partial charge in [0.15, 0.2) is 0 Å². The fourth-order valence-electron chi connectivity index (χ4n) is 9.48. The summed E-state index contributed by atoms with van der Waals surface area (Å²) in [4.78, 5) is 14.6. The van der Waals surface area contributed by atoms with E-state index in [2.05, 4.69) is 212 Å². The molecule has 10 aromatic rings. The lowest BCUT2D eigenvalue weighted by Gasteiger charge is -2.23. The number of aryl methyl sites for hydroxylation is 1. The van der Waals surface area contributed by atoms with Crippen LogP contribution in [0.15, 0.2) is 158 Å². The lowest BCUT2D eigenvalue weighted by Crippen LogP contribution is -2.21. The standard InChI is InChI=1S/C55H48N6O/c1-34(2)46-27-38(37-12-11-13-39(26-37)59-25-24-58(6)33-59)28-47(35(3)4)54(46)52-32-57-55-48-29-40(19-21-42(48)43-14-7-10-17-50(43)61(52)55)62-41-20-22-45-44-15-8-9-16-49(44)60(51(45)30-41)53-23-18-36(5)31-56-53/h7-32,34-35H,33H2,1-6H3. The lowest BCUT2D eigenvalue weighted by molar-refractivity contribution is 0.484. The van der Waals surface area contributed by atoms with Gasteiger partial charge in [-0.25, -0.2) is 9.97 Å². The molecule has 0 spiro atoms. The van der Waals surface area contributed by atoms with Crippen molar-refractivity contribution < 1.29 is 4.74 Å². The molecule has 7 nitrogen and oxygen atoms in total. The van der Waals surface area contributed by atoms with E-state index in [0.29, 0.717) is 0 Å². The van der Waals surface area contributed by atoms with Gasteiger partial charge in [0.2, 0.25) is 0 Å². The number of rotatable bonds is 8. The lowest BCUT2D eigenvalue weighted by atomic mass is 9.84. The van der Waals surface area contributed by atoms with Gasteiger partial charge in [0.05, 0.1) is 35.1 Å². The van der Waals surface area contributed by atoms with E-state index in [1.807, 2.05) is 6.20 Å². The van der Waals surface area contributed by atoms with E-state index in [1.165, 1.54) is 44.3 Å². The molecule has 0 amide bonds. The van der Waals surface area contributed by atoms with Crippen molar-refractivity contribution in [2.24, 2.45) is 0 Å². The molecule has 0 saturated heterocycles. The molecular weight excluding hydrogens is 761 g/mol. The van der Waals surface area contributed by atoms with Crippen molar-refractivity contribution in [1.82, 2.24) is 23.8 Å². The summed E-state index contributed by atoms with van der Waals surface area (Å²) in [5.74, 6) is 2.93. The van der Waals surface area contributed by atoms with Crippen molar-refractivity contribution in [3.8, 4) is 39.7 Å². The van der Waals surface area contributed by atoms with Crippen LogP contribution in [0.25, 0.3) is 77.3 Å². The fourth-order valence-corrected chi connectivity index (χ4v) is 9.48. The summed E-state index contributed by atoms with van der Waals surface area (Å²) in [5, 5.41) is 5.69. The molecule has 0 bridgehead atoms. The Kier molecular flexibility index (Phi) is 8.89. The Morgan fingerprint density at radius 3 is 1.97 bits per heavy atom. The maximum atomic E-state index is 6.78. The van der Waals surface area contributed by atoms with Crippen LogP contribution in [0.4, 0.5) is 5.69 Å². The second kappa shape index (κ2) is 14.7. The average molecular weight is 809 g/mol. The fraction of sp³-hybridized carbons (Fsp3) is 0.164. The highest BCUT2D eigenvalue weighted by Gasteiger charge is 2.24. The van der Waals surface area contributed by atoms with Gasteiger partial charge in [-0.2, -0.15) is 0 Å². The van der Waals surface area contributed by atoms with Crippen LogP contribution in [0.3, 0.4) is 0 Å². The summed E-state index contributed by atoms with van der Waals surface area (Å²) in [5.41, 5.74) is 14.0. The zero-order valence-electron chi connectivity index (χ0n) is 36.0. The largest absolute Gasteiger partial charge is 0.457 e. The molecule has 0 saturated carbocycles. The highest BCUT2D eigenvalue weighted by atomic mass is 16.5. The van der Waals surface area contributed by atoms with Crippen molar-refractivity contribution in [3.63, 3.8) is 0 Å². The second-order valence-corrected chi connectivity index (χ2v) is 17.4. The van der Waals surface area contributed by atoms with Crippen LogP contribution in [0, 0.1) is 6.92 Å². The van der Waals surface area contributed by atoms with E-state index in [9.17, 15) is 0 Å². The van der Waals surface area contributed by atoms with Crippen LogP contribution >= 0.6 is 0 Å². The van der Waals surface area contributed by atoms with Gasteiger partial charge < -0.3 is 14.5 Å². The van der Waals surface area contributed by atoms with Crippen molar-refractivity contribution in [3.05, 3.63) is 175 Å². The summed E-state index contributed by atoms with van der Waals surface area (Å²) in [6.45, 7) is 12.1. The van der Waals surface area contributed by atoms with Gasteiger partial charge in [0.1, 0.15) is 23.0 Å².